The zero-order valence-electron chi connectivity index (χ0n) is 13.9. The van der Waals surface area contributed by atoms with Crippen LogP contribution >= 0.6 is 0 Å². The van der Waals surface area contributed by atoms with E-state index in [4.69, 9.17) is 14.2 Å². The lowest BCUT2D eigenvalue weighted by Gasteiger charge is -2.51. The monoisotopic (exact) mass is 322 g/mol. The Morgan fingerprint density at radius 3 is 2.61 bits per heavy atom. The first-order valence-corrected chi connectivity index (χ1v) is 8.34. The molecule has 2 aliphatic heterocycles. The van der Waals surface area contributed by atoms with Crippen molar-refractivity contribution in [3.8, 4) is 0 Å². The van der Waals surface area contributed by atoms with E-state index < -0.39 is 22.7 Å². The molecular formula is C17H22O6. The standard InChI is InChI=1S/C17H22O6/c1-8-5-6-12(21-10(3)18)11-7-16-17(23-16,9(2)13(19)22-16)14(20)15(8,11)4/h8-9,11-12H,5-7H2,1-4H3/t8-,9+,11?,12-,15+,16+,17-/m0/s1. The van der Waals surface area contributed by atoms with E-state index in [2.05, 4.69) is 6.92 Å². The fourth-order valence-electron chi connectivity index (χ4n) is 5.26. The largest absolute Gasteiger partial charge is 0.462 e. The second-order valence-electron chi connectivity index (χ2n) is 7.78. The quantitative estimate of drug-likeness (QED) is 0.539. The maximum Gasteiger partial charge on any atom is 0.314 e. The first-order chi connectivity index (χ1) is 10.7. The van der Waals surface area contributed by atoms with Crippen molar-refractivity contribution >= 4 is 17.7 Å². The number of esters is 2. The van der Waals surface area contributed by atoms with E-state index in [0.29, 0.717) is 6.42 Å². The molecule has 7 atom stereocenters. The van der Waals surface area contributed by atoms with Crippen molar-refractivity contribution in [3.63, 3.8) is 0 Å². The molecule has 2 aliphatic carbocycles. The van der Waals surface area contributed by atoms with Crippen molar-refractivity contribution < 1.29 is 28.6 Å². The van der Waals surface area contributed by atoms with Gasteiger partial charge in [0.15, 0.2) is 5.78 Å². The van der Waals surface area contributed by atoms with E-state index in [1.54, 1.807) is 6.92 Å². The number of carbonyl (C=O) groups is 3. The van der Waals surface area contributed by atoms with Gasteiger partial charge < -0.3 is 14.2 Å². The summed E-state index contributed by atoms with van der Waals surface area (Å²) in [6.07, 6.45) is 1.63. The summed E-state index contributed by atoms with van der Waals surface area (Å²) in [6, 6.07) is 0. The highest BCUT2D eigenvalue weighted by Crippen LogP contribution is 2.71. The number of fused-ring (bicyclic) bond motifs is 1. The van der Waals surface area contributed by atoms with Crippen LogP contribution < -0.4 is 0 Å². The number of ether oxygens (including phenoxy) is 3. The van der Waals surface area contributed by atoms with Crippen LogP contribution in [0.25, 0.3) is 0 Å². The number of hydrogen-bond acceptors (Lipinski definition) is 6. The average Bonchev–Trinajstić information content (AvgIpc) is 3.08. The molecule has 6 heteroatoms. The normalized spacial score (nSPS) is 53.7. The molecule has 126 valence electrons. The summed E-state index contributed by atoms with van der Waals surface area (Å²) in [5.74, 6) is -2.51. The molecule has 1 unspecified atom stereocenters. The molecule has 23 heavy (non-hydrogen) atoms. The van der Waals surface area contributed by atoms with Gasteiger partial charge in [0, 0.05) is 24.7 Å². The predicted octanol–water partition coefficient (Wildman–Crippen LogP) is 1.60. The Kier molecular flexibility index (Phi) is 2.73. The van der Waals surface area contributed by atoms with Crippen LogP contribution in [0.15, 0.2) is 0 Å². The number of carbonyl (C=O) groups excluding carboxylic acids is 3. The molecule has 0 radical (unpaired) electrons. The summed E-state index contributed by atoms with van der Waals surface area (Å²) >= 11 is 0. The van der Waals surface area contributed by atoms with Crippen molar-refractivity contribution in [1.82, 2.24) is 0 Å². The third kappa shape index (κ3) is 1.51. The molecule has 0 bridgehead atoms. The summed E-state index contributed by atoms with van der Waals surface area (Å²) in [6.45, 7) is 7.09. The summed E-state index contributed by atoms with van der Waals surface area (Å²) in [5, 5.41) is 0. The molecule has 4 rings (SSSR count). The molecule has 4 fully saturated rings. The van der Waals surface area contributed by atoms with Crippen LogP contribution in [0.4, 0.5) is 0 Å². The Balaban J connectivity index is 1.78. The van der Waals surface area contributed by atoms with Crippen LogP contribution in [0.5, 0.6) is 0 Å². The molecule has 2 saturated heterocycles. The van der Waals surface area contributed by atoms with Gasteiger partial charge >= 0.3 is 11.9 Å². The van der Waals surface area contributed by atoms with Crippen LogP contribution in [0.3, 0.4) is 0 Å². The summed E-state index contributed by atoms with van der Waals surface area (Å²) in [4.78, 5) is 36.9. The minimum Gasteiger partial charge on any atom is -0.462 e. The Morgan fingerprint density at radius 1 is 1.26 bits per heavy atom. The molecule has 2 heterocycles. The lowest BCUT2D eigenvalue weighted by molar-refractivity contribution is -0.177. The van der Waals surface area contributed by atoms with Crippen LogP contribution in [0.2, 0.25) is 0 Å². The van der Waals surface area contributed by atoms with Crippen molar-refractivity contribution in [3.05, 3.63) is 0 Å². The minimum atomic E-state index is -1.12. The Hall–Kier alpha value is -1.43. The number of ketones is 1. The Labute approximate surface area is 134 Å². The summed E-state index contributed by atoms with van der Waals surface area (Å²) in [7, 11) is 0. The highest BCUT2D eigenvalue weighted by molar-refractivity contribution is 6.04. The SMILES string of the molecule is CC(=O)O[C@H]1CC[C@H](C)[C@@]2(C)C(=O)[C@]34O[C@@]3(CC12)OC(=O)[C@H]4C. The van der Waals surface area contributed by atoms with Gasteiger partial charge in [0.25, 0.3) is 5.79 Å². The average molecular weight is 322 g/mol. The van der Waals surface area contributed by atoms with Crippen molar-refractivity contribution in [2.75, 3.05) is 0 Å². The lowest BCUT2D eigenvalue weighted by atomic mass is 9.51. The number of Topliss-reactive ketones (excluding diaryl/α,β-unsaturated/α-hetero) is 1. The van der Waals surface area contributed by atoms with Gasteiger partial charge in [-0.2, -0.15) is 0 Å². The molecule has 6 nitrogen and oxygen atoms in total. The number of hydrogen-bond donors (Lipinski definition) is 0. The number of epoxide rings is 1. The fourth-order valence-corrected chi connectivity index (χ4v) is 5.26. The van der Waals surface area contributed by atoms with E-state index >= 15 is 0 Å². The maximum absolute atomic E-state index is 13.4. The number of rotatable bonds is 1. The molecule has 0 N–H and O–H groups in total. The van der Waals surface area contributed by atoms with E-state index in [-0.39, 0.29) is 35.7 Å². The molecule has 0 aromatic heterocycles. The summed E-state index contributed by atoms with van der Waals surface area (Å²) in [5.41, 5.74) is -1.79. The van der Waals surface area contributed by atoms with Crippen LogP contribution in [-0.4, -0.2) is 35.2 Å². The maximum atomic E-state index is 13.4. The third-order valence-electron chi connectivity index (χ3n) is 6.84. The smallest absolute Gasteiger partial charge is 0.314 e. The fraction of sp³-hybridized carbons (Fsp3) is 0.824. The second-order valence-corrected chi connectivity index (χ2v) is 7.78. The van der Waals surface area contributed by atoms with Gasteiger partial charge in [-0.3, -0.25) is 14.4 Å². The third-order valence-corrected chi connectivity index (χ3v) is 6.84. The summed E-state index contributed by atoms with van der Waals surface area (Å²) < 4.78 is 16.8. The highest BCUT2D eigenvalue weighted by atomic mass is 16.8. The van der Waals surface area contributed by atoms with Crippen LogP contribution in [0.1, 0.15) is 47.0 Å². The molecule has 0 spiro atoms. The molecule has 0 amide bonds. The van der Waals surface area contributed by atoms with E-state index in [9.17, 15) is 14.4 Å². The highest BCUT2D eigenvalue weighted by Gasteiger charge is 2.90. The molecule has 0 aromatic carbocycles. The van der Waals surface area contributed by atoms with E-state index in [0.717, 1.165) is 12.8 Å². The zero-order valence-corrected chi connectivity index (χ0v) is 13.9. The Bertz CT molecular complexity index is 629. The van der Waals surface area contributed by atoms with Gasteiger partial charge in [0.1, 0.15) is 6.10 Å². The first-order valence-electron chi connectivity index (χ1n) is 8.34. The van der Waals surface area contributed by atoms with Gasteiger partial charge in [-0.05, 0) is 25.7 Å². The minimum absolute atomic E-state index is 0.0519. The molecule has 0 aromatic rings. The Morgan fingerprint density at radius 2 is 1.96 bits per heavy atom. The van der Waals surface area contributed by atoms with Crippen molar-refractivity contribution in [2.45, 2.75) is 64.4 Å². The van der Waals surface area contributed by atoms with Crippen LogP contribution in [0, 0.1) is 23.2 Å². The van der Waals surface area contributed by atoms with Gasteiger partial charge in [-0.15, -0.1) is 0 Å². The zero-order chi connectivity index (χ0) is 16.8. The van der Waals surface area contributed by atoms with E-state index in [1.165, 1.54) is 6.92 Å². The second kappa shape index (κ2) is 4.15. The topological polar surface area (TPSA) is 82.2 Å². The lowest BCUT2D eigenvalue weighted by Crippen LogP contribution is -2.61. The molecule has 4 aliphatic rings. The van der Waals surface area contributed by atoms with Gasteiger partial charge in [-0.25, -0.2) is 0 Å². The predicted molar refractivity (Wildman–Crippen MR) is 77.0 cm³/mol. The van der Waals surface area contributed by atoms with Crippen LogP contribution in [-0.2, 0) is 28.6 Å². The van der Waals surface area contributed by atoms with Crippen molar-refractivity contribution in [2.24, 2.45) is 23.2 Å². The van der Waals surface area contributed by atoms with Gasteiger partial charge in [0.05, 0.1) is 5.92 Å². The van der Waals surface area contributed by atoms with Gasteiger partial charge in [0.2, 0.25) is 5.60 Å². The van der Waals surface area contributed by atoms with E-state index in [1.807, 2.05) is 6.92 Å². The molecular weight excluding hydrogens is 300 g/mol. The van der Waals surface area contributed by atoms with Crippen molar-refractivity contribution in [1.29, 1.82) is 0 Å². The molecule has 2 saturated carbocycles. The van der Waals surface area contributed by atoms with Gasteiger partial charge in [-0.1, -0.05) is 13.8 Å². The first kappa shape index (κ1) is 15.1.